The number of rotatable bonds is 4. The lowest BCUT2D eigenvalue weighted by atomic mass is 9.84. The highest BCUT2D eigenvalue weighted by atomic mass is 19.4. The number of hydrogen-bond donors (Lipinski definition) is 1. The molecule has 162 valence electrons. The molecule has 2 atom stereocenters. The van der Waals surface area contributed by atoms with Gasteiger partial charge < -0.3 is 19.5 Å². The SMILES string of the molecule is O=C(O[C@H](CO)C(F)(F)F)N1CCC2(CC1)CC(c1ccc(C(F)F)cn1)CO2. The molecular weight excluding hydrogens is 403 g/mol. The summed E-state index contributed by atoms with van der Waals surface area (Å²) in [7, 11) is 0. The second kappa shape index (κ2) is 8.39. The molecule has 1 unspecified atom stereocenters. The van der Waals surface area contributed by atoms with Crippen LogP contribution in [0.5, 0.6) is 0 Å². The van der Waals surface area contributed by atoms with E-state index in [4.69, 9.17) is 9.84 Å². The average Bonchev–Trinajstić information content (AvgIpc) is 3.09. The maximum atomic E-state index is 12.6. The molecule has 2 fully saturated rings. The Morgan fingerprint density at radius 1 is 1.34 bits per heavy atom. The van der Waals surface area contributed by atoms with Gasteiger partial charge in [0, 0.05) is 36.5 Å². The normalized spacial score (nSPS) is 22.9. The molecule has 6 nitrogen and oxygen atoms in total. The van der Waals surface area contributed by atoms with E-state index in [1.165, 1.54) is 6.07 Å². The van der Waals surface area contributed by atoms with E-state index >= 15 is 0 Å². The summed E-state index contributed by atoms with van der Waals surface area (Å²) in [6.07, 6.45) is -8.58. The van der Waals surface area contributed by atoms with E-state index in [1.54, 1.807) is 6.07 Å². The van der Waals surface area contributed by atoms with E-state index in [0.717, 1.165) is 11.1 Å². The van der Waals surface area contributed by atoms with Crippen molar-refractivity contribution in [1.29, 1.82) is 0 Å². The van der Waals surface area contributed by atoms with E-state index in [2.05, 4.69) is 9.72 Å². The zero-order chi connectivity index (χ0) is 21.2. The Kier molecular flexibility index (Phi) is 6.27. The summed E-state index contributed by atoms with van der Waals surface area (Å²) >= 11 is 0. The summed E-state index contributed by atoms with van der Waals surface area (Å²) in [4.78, 5) is 17.2. The largest absolute Gasteiger partial charge is 0.434 e. The van der Waals surface area contributed by atoms with Crippen LogP contribution in [-0.2, 0) is 9.47 Å². The molecule has 1 amide bonds. The summed E-state index contributed by atoms with van der Waals surface area (Å²) in [5.74, 6) is -0.0794. The van der Waals surface area contributed by atoms with Crippen LogP contribution in [0.15, 0.2) is 18.3 Å². The summed E-state index contributed by atoms with van der Waals surface area (Å²) in [6.45, 7) is -0.681. The Hall–Kier alpha value is -2.01. The number of likely N-dealkylation sites (tertiary alicyclic amines) is 1. The van der Waals surface area contributed by atoms with Gasteiger partial charge in [-0.05, 0) is 31.4 Å². The van der Waals surface area contributed by atoms with Gasteiger partial charge in [0.2, 0.25) is 6.10 Å². The molecule has 0 saturated carbocycles. The predicted octanol–water partition coefficient (Wildman–Crippen LogP) is 3.42. The number of aromatic nitrogens is 1. The lowest BCUT2D eigenvalue weighted by Crippen LogP contribution is -2.48. The predicted molar refractivity (Wildman–Crippen MR) is 89.5 cm³/mol. The van der Waals surface area contributed by atoms with Crippen molar-refractivity contribution in [2.75, 3.05) is 26.3 Å². The first-order valence-corrected chi connectivity index (χ1v) is 9.15. The van der Waals surface area contributed by atoms with E-state index in [-0.39, 0.29) is 24.6 Å². The number of hydrogen-bond acceptors (Lipinski definition) is 5. The minimum Gasteiger partial charge on any atom is -0.434 e. The second-order valence-corrected chi connectivity index (χ2v) is 7.30. The van der Waals surface area contributed by atoms with Crippen LogP contribution in [0.4, 0.5) is 26.7 Å². The Morgan fingerprint density at radius 3 is 2.55 bits per heavy atom. The molecule has 0 bridgehead atoms. The lowest BCUT2D eigenvalue weighted by molar-refractivity contribution is -0.215. The van der Waals surface area contributed by atoms with Crippen molar-refractivity contribution in [3.05, 3.63) is 29.6 Å². The van der Waals surface area contributed by atoms with Crippen molar-refractivity contribution in [2.24, 2.45) is 0 Å². The Bertz CT molecular complexity index is 705. The standard InChI is InChI=1S/C18H21F5N2O4/c19-15(20)11-1-2-13(24-8-11)12-7-17(28-10-12)3-5-25(6-4-17)16(27)29-14(9-26)18(21,22)23/h1-2,8,12,14-15,26H,3-7,9-10H2/t12?,14-/m1/s1. The molecule has 1 aromatic rings. The van der Waals surface area contributed by atoms with E-state index < -0.39 is 37.0 Å². The smallest absolute Gasteiger partial charge is 0.427 e. The minimum atomic E-state index is -4.84. The topological polar surface area (TPSA) is 71.9 Å². The van der Waals surface area contributed by atoms with E-state index in [0.29, 0.717) is 31.6 Å². The number of piperidine rings is 1. The third-order valence-corrected chi connectivity index (χ3v) is 5.40. The first kappa shape index (κ1) is 21.7. The molecule has 2 aliphatic rings. The Morgan fingerprint density at radius 2 is 2.03 bits per heavy atom. The zero-order valence-corrected chi connectivity index (χ0v) is 15.4. The summed E-state index contributed by atoms with van der Waals surface area (Å²) < 4.78 is 73.5. The molecule has 29 heavy (non-hydrogen) atoms. The van der Waals surface area contributed by atoms with Gasteiger partial charge in [0.15, 0.2) is 0 Å². The maximum Gasteiger partial charge on any atom is 0.427 e. The highest BCUT2D eigenvalue weighted by molar-refractivity contribution is 5.68. The van der Waals surface area contributed by atoms with Crippen molar-refractivity contribution in [1.82, 2.24) is 9.88 Å². The number of pyridine rings is 1. The van der Waals surface area contributed by atoms with Crippen LogP contribution in [0.2, 0.25) is 0 Å². The van der Waals surface area contributed by atoms with Gasteiger partial charge in [-0.2, -0.15) is 13.2 Å². The van der Waals surface area contributed by atoms with Crippen LogP contribution < -0.4 is 0 Å². The molecule has 0 aromatic carbocycles. The molecule has 1 N–H and O–H groups in total. The molecule has 2 aliphatic heterocycles. The number of alkyl halides is 5. The van der Waals surface area contributed by atoms with Crippen LogP contribution in [-0.4, -0.2) is 65.3 Å². The van der Waals surface area contributed by atoms with E-state index in [1.807, 2.05) is 0 Å². The highest BCUT2D eigenvalue weighted by Gasteiger charge is 2.46. The van der Waals surface area contributed by atoms with Crippen molar-refractivity contribution >= 4 is 6.09 Å². The molecule has 3 heterocycles. The fraction of sp³-hybridized carbons (Fsp3) is 0.667. The Labute approximate surface area is 163 Å². The molecule has 1 spiro atoms. The molecular formula is C18H21F5N2O4. The summed E-state index contributed by atoms with van der Waals surface area (Å²) in [5, 5.41) is 8.78. The van der Waals surface area contributed by atoms with Gasteiger partial charge in [-0.15, -0.1) is 0 Å². The van der Waals surface area contributed by atoms with Crippen molar-refractivity contribution in [2.45, 2.75) is 49.5 Å². The summed E-state index contributed by atoms with van der Waals surface area (Å²) in [5.41, 5.74) is -0.0522. The number of halogens is 5. The van der Waals surface area contributed by atoms with Gasteiger partial charge in [0.05, 0.1) is 18.8 Å². The van der Waals surface area contributed by atoms with Crippen molar-refractivity contribution in [3.8, 4) is 0 Å². The van der Waals surface area contributed by atoms with Gasteiger partial charge in [-0.1, -0.05) is 0 Å². The van der Waals surface area contributed by atoms with E-state index in [9.17, 15) is 26.7 Å². The first-order valence-electron chi connectivity index (χ1n) is 9.15. The van der Waals surface area contributed by atoms with Crippen LogP contribution in [0, 0.1) is 0 Å². The van der Waals surface area contributed by atoms with Crippen molar-refractivity contribution < 1.29 is 41.3 Å². The molecule has 1 aromatic heterocycles. The molecule has 11 heteroatoms. The van der Waals surface area contributed by atoms with Crippen LogP contribution >= 0.6 is 0 Å². The first-order chi connectivity index (χ1) is 13.6. The number of aliphatic hydroxyl groups excluding tert-OH is 1. The third-order valence-electron chi connectivity index (χ3n) is 5.40. The van der Waals surface area contributed by atoms with Crippen LogP contribution in [0.3, 0.4) is 0 Å². The Balaban J connectivity index is 1.54. The molecule has 0 radical (unpaired) electrons. The fourth-order valence-corrected chi connectivity index (χ4v) is 3.67. The quantitative estimate of drug-likeness (QED) is 0.750. The zero-order valence-electron chi connectivity index (χ0n) is 15.4. The van der Waals surface area contributed by atoms with Gasteiger partial charge in [0.1, 0.15) is 0 Å². The average molecular weight is 424 g/mol. The lowest BCUT2D eigenvalue weighted by Gasteiger charge is -2.38. The van der Waals surface area contributed by atoms with Crippen LogP contribution in [0.25, 0.3) is 0 Å². The highest BCUT2D eigenvalue weighted by Crippen LogP contribution is 2.42. The van der Waals surface area contributed by atoms with Gasteiger partial charge >= 0.3 is 12.3 Å². The van der Waals surface area contributed by atoms with Gasteiger partial charge in [-0.25, -0.2) is 13.6 Å². The van der Waals surface area contributed by atoms with Gasteiger partial charge in [-0.3, -0.25) is 4.98 Å². The molecule has 3 rings (SSSR count). The van der Waals surface area contributed by atoms with Crippen LogP contribution in [0.1, 0.15) is 42.9 Å². The third kappa shape index (κ3) is 4.95. The fourth-order valence-electron chi connectivity index (χ4n) is 3.67. The monoisotopic (exact) mass is 424 g/mol. The minimum absolute atomic E-state index is 0.0794. The number of nitrogens with zero attached hydrogens (tertiary/aromatic N) is 2. The second-order valence-electron chi connectivity index (χ2n) is 7.30. The number of carbonyl (C=O) groups excluding carboxylic acids is 1. The number of carbonyl (C=O) groups is 1. The number of ether oxygens (including phenoxy) is 2. The van der Waals surface area contributed by atoms with Gasteiger partial charge in [0.25, 0.3) is 6.43 Å². The molecule has 0 aliphatic carbocycles. The number of aliphatic hydroxyl groups is 1. The van der Waals surface area contributed by atoms with Crippen molar-refractivity contribution in [3.63, 3.8) is 0 Å². The number of amides is 1. The maximum absolute atomic E-state index is 12.6. The summed E-state index contributed by atoms with van der Waals surface area (Å²) in [6, 6.07) is 2.88. The molecule has 2 saturated heterocycles.